The minimum Gasteiger partial charge on any atom is -0.359 e. The lowest BCUT2D eigenvalue weighted by atomic mass is 9.70. The molecular weight excluding hydrogens is 260 g/mol. The molecule has 5 nitrogen and oxygen atoms in total. The molecule has 0 radical (unpaired) electrons. The summed E-state index contributed by atoms with van der Waals surface area (Å²) < 4.78 is 22.3. The fraction of sp³-hybridized carbons (Fsp3) is 0.800. The van der Waals surface area contributed by atoms with Crippen molar-refractivity contribution in [3.8, 4) is 0 Å². The Bertz CT molecular complexity index is 436. The molecule has 0 unspecified atom stereocenters. The van der Waals surface area contributed by atoms with E-state index in [1.807, 2.05) is 0 Å². The highest BCUT2D eigenvalue weighted by Crippen LogP contribution is 2.54. The summed E-state index contributed by atoms with van der Waals surface area (Å²) in [6, 6.07) is 0. The molecule has 0 N–H and O–H groups in total. The number of fused-ring (bicyclic) bond motifs is 1. The van der Waals surface area contributed by atoms with Crippen LogP contribution < -0.4 is 0 Å². The molecule has 112 valence electrons. The zero-order valence-electron chi connectivity index (χ0n) is 12.2. The van der Waals surface area contributed by atoms with E-state index in [1.165, 1.54) is 5.57 Å². The summed E-state index contributed by atoms with van der Waals surface area (Å²) in [5.74, 6) is -0.322. The quantitative estimate of drug-likeness (QED) is 0.447. The van der Waals surface area contributed by atoms with Crippen molar-refractivity contribution in [1.82, 2.24) is 0 Å². The third kappa shape index (κ3) is 2.04. The lowest BCUT2D eigenvalue weighted by molar-refractivity contribution is -0.154. The molecule has 20 heavy (non-hydrogen) atoms. The standard InChI is InChI=1S/C15H22O5/c1-14-5-6-15(19-7-8-20-15)12(9-18-10-17-2)11(14)3-4-13(14)16/h3-10H2,1-2H3/t14-/m1/s1. The monoisotopic (exact) mass is 282 g/mol. The van der Waals surface area contributed by atoms with Gasteiger partial charge in [0.2, 0.25) is 0 Å². The van der Waals surface area contributed by atoms with E-state index in [4.69, 9.17) is 18.9 Å². The van der Waals surface area contributed by atoms with Crippen LogP contribution in [0.2, 0.25) is 0 Å². The summed E-state index contributed by atoms with van der Waals surface area (Å²) >= 11 is 0. The molecular formula is C15H22O5. The fourth-order valence-corrected chi connectivity index (χ4v) is 3.73. The van der Waals surface area contributed by atoms with Crippen LogP contribution in [-0.4, -0.2) is 45.3 Å². The fourth-order valence-electron chi connectivity index (χ4n) is 3.73. The van der Waals surface area contributed by atoms with Crippen molar-refractivity contribution >= 4 is 5.78 Å². The maximum absolute atomic E-state index is 12.2. The molecule has 3 aliphatic rings. The smallest absolute Gasteiger partial charge is 0.193 e. The van der Waals surface area contributed by atoms with Gasteiger partial charge in [-0.25, -0.2) is 0 Å². The van der Waals surface area contributed by atoms with Crippen LogP contribution in [0.3, 0.4) is 0 Å². The normalized spacial score (nSPS) is 32.2. The molecule has 5 heteroatoms. The second kappa shape index (κ2) is 5.22. The topological polar surface area (TPSA) is 54.0 Å². The molecule has 1 heterocycles. The van der Waals surface area contributed by atoms with Crippen molar-refractivity contribution in [2.24, 2.45) is 5.41 Å². The Labute approximate surface area is 119 Å². The number of rotatable bonds is 4. The van der Waals surface area contributed by atoms with E-state index in [1.54, 1.807) is 7.11 Å². The Hall–Kier alpha value is -0.750. The molecule has 0 amide bonds. The van der Waals surface area contributed by atoms with Gasteiger partial charge in [-0.1, -0.05) is 0 Å². The summed E-state index contributed by atoms with van der Waals surface area (Å²) in [5, 5.41) is 0. The molecule has 1 spiro atoms. The second-order valence-corrected chi connectivity index (χ2v) is 5.92. The summed E-state index contributed by atoms with van der Waals surface area (Å²) in [4.78, 5) is 12.2. The first-order valence-corrected chi connectivity index (χ1v) is 7.23. The van der Waals surface area contributed by atoms with Crippen molar-refractivity contribution in [2.45, 2.75) is 38.4 Å². The third-order valence-corrected chi connectivity index (χ3v) is 4.86. The molecule has 1 aliphatic heterocycles. The first-order chi connectivity index (χ1) is 9.62. The highest BCUT2D eigenvalue weighted by molar-refractivity contribution is 5.91. The summed E-state index contributed by atoms with van der Waals surface area (Å²) in [6.07, 6.45) is 2.95. The zero-order valence-corrected chi connectivity index (χ0v) is 12.2. The van der Waals surface area contributed by atoms with Crippen LogP contribution in [0.5, 0.6) is 0 Å². The van der Waals surface area contributed by atoms with Crippen LogP contribution in [0, 0.1) is 5.41 Å². The van der Waals surface area contributed by atoms with E-state index < -0.39 is 5.79 Å². The number of methoxy groups -OCH3 is 1. The summed E-state index contributed by atoms with van der Waals surface area (Å²) in [6.45, 7) is 3.90. The predicted molar refractivity (Wildman–Crippen MR) is 71.1 cm³/mol. The molecule has 2 aliphatic carbocycles. The van der Waals surface area contributed by atoms with Crippen molar-refractivity contribution in [3.05, 3.63) is 11.1 Å². The average Bonchev–Trinajstić information content (AvgIpc) is 3.02. The van der Waals surface area contributed by atoms with Gasteiger partial charge in [0.05, 0.1) is 19.8 Å². The van der Waals surface area contributed by atoms with Crippen molar-refractivity contribution in [3.63, 3.8) is 0 Å². The molecule has 1 saturated carbocycles. The van der Waals surface area contributed by atoms with Crippen molar-refractivity contribution in [1.29, 1.82) is 0 Å². The number of allylic oxidation sites excluding steroid dienone is 1. The Kier molecular flexibility index (Phi) is 3.71. The van der Waals surface area contributed by atoms with Gasteiger partial charge in [0, 0.05) is 30.9 Å². The summed E-state index contributed by atoms with van der Waals surface area (Å²) in [5.41, 5.74) is 1.85. The highest BCUT2D eigenvalue weighted by Gasteiger charge is 2.54. The van der Waals surface area contributed by atoms with Gasteiger partial charge in [0.25, 0.3) is 0 Å². The molecule has 1 atom stereocenters. The van der Waals surface area contributed by atoms with Gasteiger partial charge in [-0.2, -0.15) is 0 Å². The lowest BCUT2D eigenvalue weighted by Crippen LogP contribution is -2.44. The number of Topliss-reactive ketones (excluding diaryl/α,β-unsaturated/α-hetero) is 1. The summed E-state index contributed by atoms with van der Waals surface area (Å²) in [7, 11) is 1.60. The number of ether oxygens (including phenoxy) is 4. The van der Waals surface area contributed by atoms with E-state index in [9.17, 15) is 4.79 Å². The Balaban J connectivity index is 1.95. The minimum atomic E-state index is -0.660. The van der Waals surface area contributed by atoms with E-state index in [2.05, 4.69) is 6.92 Å². The minimum absolute atomic E-state index is 0.234. The van der Waals surface area contributed by atoms with Gasteiger partial charge in [-0.3, -0.25) is 4.79 Å². The van der Waals surface area contributed by atoms with Crippen LogP contribution in [-0.2, 0) is 23.7 Å². The Morgan fingerprint density at radius 2 is 1.95 bits per heavy atom. The molecule has 3 rings (SSSR count). The molecule has 0 aromatic heterocycles. The second-order valence-electron chi connectivity index (χ2n) is 5.92. The van der Waals surface area contributed by atoms with E-state index in [0.29, 0.717) is 32.0 Å². The first-order valence-electron chi connectivity index (χ1n) is 7.23. The SMILES string of the molecule is COCOCC1=C2CCC(=O)[C@]2(C)CCC12OCCO2. The van der Waals surface area contributed by atoms with Gasteiger partial charge in [0.15, 0.2) is 5.79 Å². The van der Waals surface area contributed by atoms with Gasteiger partial charge in [-0.15, -0.1) is 0 Å². The van der Waals surface area contributed by atoms with Crippen LogP contribution in [0.25, 0.3) is 0 Å². The number of carbonyl (C=O) groups is 1. The number of carbonyl (C=O) groups excluding carboxylic acids is 1. The van der Waals surface area contributed by atoms with Gasteiger partial charge in [0.1, 0.15) is 12.6 Å². The molecule has 0 aromatic carbocycles. The lowest BCUT2D eigenvalue weighted by Gasteiger charge is -2.41. The van der Waals surface area contributed by atoms with E-state index in [-0.39, 0.29) is 12.2 Å². The number of hydrogen-bond donors (Lipinski definition) is 0. The van der Waals surface area contributed by atoms with Crippen molar-refractivity contribution < 1.29 is 23.7 Å². The molecule has 0 bridgehead atoms. The van der Waals surface area contributed by atoms with Crippen LogP contribution in [0.15, 0.2) is 11.1 Å². The third-order valence-electron chi connectivity index (χ3n) is 4.86. The molecule has 1 saturated heterocycles. The molecule has 2 fully saturated rings. The first kappa shape index (κ1) is 14.2. The average molecular weight is 282 g/mol. The highest BCUT2D eigenvalue weighted by atomic mass is 16.7. The maximum Gasteiger partial charge on any atom is 0.193 e. The van der Waals surface area contributed by atoms with Crippen LogP contribution in [0.4, 0.5) is 0 Å². The van der Waals surface area contributed by atoms with Gasteiger partial charge >= 0.3 is 0 Å². The van der Waals surface area contributed by atoms with Crippen LogP contribution >= 0.6 is 0 Å². The Morgan fingerprint density at radius 1 is 1.20 bits per heavy atom. The number of hydrogen-bond acceptors (Lipinski definition) is 5. The Morgan fingerprint density at radius 3 is 2.65 bits per heavy atom. The van der Waals surface area contributed by atoms with Gasteiger partial charge in [-0.05, 0) is 25.3 Å². The van der Waals surface area contributed by atoms with Crippen molar-refractivity contribution in [2.75, 3.05) is 33.7 Å². The predicted octanol–water partition coefficient (Wildman–Crippen LogP) is 1.81. The van der Waals surface area contributed by atoms with E-state index >= 15 is 0 Å². The van der Waals surface area contributed by atoms with Gasteiger partial charge < -0.3 is 18.9 Å². The largest absolute Gasteiger partial charge is 0.359 e. The van der Waals surface area contributed by atoms with Crippen LogP contribution in [0.1, 0.15) is 32.6 Å². The molecule has 0 aromatic rings. The number of ketones is 1. The maximum atomic E-state index is 12.2. The van der Waals surface area contributed by atoms with E-state index in [0.717, 1.165) is 24.8 Å². The zero-order chi connectivity index (χ0) is 14.2.